The Labute approximate surface area is 147 Å². The van der Waals surface area contributed by atoms with Crippen molar-refractivity contribution in [1.29, 1.82) is 0 Å². The number of aromatic nitrogens is 4. The van der Waals surface area contributed by atoms with Crippen molar-refractivity contribution in [3.8, 4) is 5.69 Å². The highest BCUT2D eigenvalue weighted by Crippen LogP contribution is 2.13. The number of carbonyl (C=O) groups excluding carboxylic acids is 1. The minimum atomic E-state index is -1.19. The fourth-order valence-corrected chi connectivity index (χ4v) is 2.42. The van der Waals surface area contributed by atoms with Gasteiger partial charge in [0.05, 0.1) is 16.9 Å². The molecule has 1 aromatic carbocycles. The average molecular weight is 360 g/mol. The number of carbonyl (C=O) groups is 2. The maximum atomic E-state index is 12.2. The minimum absolute atomic E-state index is 0.113. The lowest BCUT2D eigenvalue weighted by molar-refractivity contribution is 0.0691. The number of rotatable bonds is 5. The van der Waals surface area contributed by atoms with Gasteiger partial charge in [-0.1, -0.05) is 23.7 Å². The molecule has 128 valence electrons. The smallest absolute Gasteiger partial charge is 0.339 e. The van der Waals surface area contributed by atoms with Gasteiger partial charge >= 0.3 is 5.97 Å². The number of amides is 1. The molecular formula is C16H14ClN5O3. The topological polar surface area (TPSA) is 102 Å². The molecule has 0 saturated carbocycles. The van der Waals surface area contributed by atoms with E-state index in [9.17, 15) is 9.59 Å². The van der Waals surface area contributed by atoms with Crippen molar-refractivity contribution in [3.05, 3.63) is 64.7 Å². The Morgan fingerprint density at radius 3 is 2.56 bits per heavy atom. The summed E-state index contributed by atoms with van der Waals surface area (Å²) in [7, 11) is 1.56. The summed E-state index contributed by atoms with van der Waals surface area (Å²) in [4.78, 5) is 23.3. The average Bonchev–Trinajstić information content (AvgIpc) is 3.19. The van der Waals surface area contributed by atoms with Crippen molar-refractivity contribution in [2.75, 3.05) is 0 Å². The molecule has 2 N–H and O–H groups in total. The number of carboxylic acid groups (broad SMARTS) is 1. The van der Waals surface area contributed by atoms with Gasteiger partial charge in [-0.15, -0.1) is 0 Å². The van der Waals surface area contributed by atoms with Gasteiger partial charge in [-0.05, 0) is 17.7 Å². The lowest BCUT2D eigenvalue weighted by Crippen LogP contribution is -2.25. The van der Waals surface area contributed by atoms with Crippen LogP contribution in [-0.2, 0) is 13.6 Å². The Hall–Kier alpha value is -3.13. The molecule has 9 heteroatoms. The molecule has 2 heterocycles. The number of nitrogens with one attached hydrogen (secondary N) is 1. The van der Waals surface area contributed by atoms with Crippen LogP contribution in [0.15, 0.2) is 42.9 Å². The molecule has 3 rings (SSSR count). The molecule has 0 aliphatic carbocycles. The zero-order valence-electron chi connectivity index (χ0n) is 13.2. The molecule has 0 saturated heterocycles. The molecule has 0 unspecified atom stereocenters. The number of hydrogen-bond donors (Lipinski definition) is 2. The standard InChI is InChI=1S/C16H14ClN5O3/c1-21-9-13(16(24)25)14(20-21)15(23)18-6-10-2-4-12(5-3-10)22-8-11(17)7-19-22/h2-5,7-9H,6H2,1H3,(H,18,23)(H,24,25). The molecule has 0 bridgehead atoms. The molecule has 3 aromatic rings. The van der Waals surface area contributed by atoms with Gasteiger partial charge in [0, 0.05) is 26.0 Å². The summed E-state index contributed by atoms with van der Waals surface area (Å²) in [6.07, 6.45) is 4.52. The number of hydrogen-bond acceptors (Lipinski definition) is 4. The molecule has 0 atom stereocenters. The van der Waals surface area contributed by atoms with Crippen LogP contribution in [0.3, 0.4) is 0 Å². The van der Waals surface area contributed by atoms with E-state index in [1.807, 2.05) is 24.3 Å². The predicted octanol–water partition coefficient (Wildman–Crippen LogP) is 1.89. The van der Waals surface area contributed by atoms with Crippen molar-refractivity contribution in [2.45, 2.75) is 6.54 Å². The van der Waals surface area contributed by atoms with Crippen LogP contribution >= 0.6 is 11.6 Å². The number of carboxylic acids is 1. The third-order valence-electron chi connectivity index (χ3n) is 3.48. The lowest BCUT2D eigenvalue weighted by Gasteiger charge is -2.06. The van der Waals surface area contributed by atoms with Gasteiger partial charge in [-0.25, -0.2) is 9.48 Å². The van der Waals surface area contributed by atoms with E-state index in [4.69, 9.17) is 16.7 Å². The van der Waals surface area contributed by atoms with Crippen LogP contribution in [-0.4, -0.2) is 36.5 Å². The summed E-state index contributed by atoms with van der Waals surface area (Å²) < 4.78 is 2.93. The van der Waals surface area contributed by atoms with E-state index in [1.54, 1.807) is 24.1 Å². The highest BCUT2D eigenvalue weighted by atomic mass is 35.5. The fourth-order valence-electron chi connectivity index (χ4n) is 2.29. The second-order valence-electron chi connectivity index (χ2n) is 5.32. The zero-order chi connectivity index (χ0) is 18.0. The number of benzene rings is 1. The largest absolute Gasteiger partial charge is 0.478 e. The molecule has 1 amide bonds. The third-order valence-corrected chi connectivity index (χ3v) is 3.67. The first-order valence-corrected chi connectivity index (χ1v) is 7.66. The van der Waals surface area contributed by atoms with Crippen molar-refractivity contribution in [1.82, 2.24) is 24.9 Å². The van der Waals surface area contributed by atoms with Crippen LogP contribution in [0.4, 0.5) is 0 Å². The van der Waals surface area contributed by atoms with E-state index >= 15 is 0 Å². The molecule has 0 aliphatic heterocycles. The second-order valence-corrected chi connectivity index (χ2v) is 5.76. The van der Waals surface area contributed by atoms with Crippen LogP contribution < -0.4 is 5.32 Å². The summed E-state index contributed by atoms with van der Waals surface area (Å²) in [5.74, 6) is -1.73. The van der Waals surface area contributed by atoms with Gasteiger partial charge in [0.25, 0.3) is 5.91 Å². The maximum absolute atomic E-state index is 12.2. The van der Waals surface area contributed by atoms with Crippen LogP contribution in [0.2, 0.25) is 5.02 Å². The molecule has 0 radical (unpaired) electrons. The first-order chi connectivity index (χ1) is 11.9. The fraction of sp³-hybridized carbons (Fsp3) is 0.125. The number of aryl methyl sites for hydroxylation is 1. The van der Waals surface area contributed by atoms with Gasteiger partial charge < -0.3 is 10.4 Å². The first-order valence-electron chi connectivity index (χ1n) is 7.28. The van der Waals surface area contributed by atoms with Crippen LogP contribution in [0.25, 0.3) is 5.69 Å². The summed E-state index contributed by atoms with van der Waals surface area (Å²) >= 11 is 5.84. The first kappa shape index (κ1) is 16.7. The van der Waals surface area contributed by atoms with Gasteiger partial charge in [-0.3, -0.25) is 9.48 Å². The van der Waals surface area contributed by atoms with E-state index in [0.29, 0.717) is 5.02 Å². The van der Waals surface area contributed by atoms with Gasteiger partial charge in [0.1, 0.15) is 5.56 Å². The van der Waals surface area contributed by atoms with Gasteiger partial charge in [-0.2, -0.15) is 10.2 Å². The number of nitrogens with zero attached hydrogens (tertiary/aromatic N) is 4. The molecule has 0 aliphatic rings. The van der Waals surface area contributed by atoms with E-state index < -0.39 is 11.9 Å². The highest BCUT2D eigenvalue weighted by Gasteiger charge is 2.20. The molecule has 2 aromatic heterocycles. The highest BCUT2D eigenvalue weighted by molar-refractivity contribution is 6.30. The summed E-state index contributed by atoms with van der Waals surface area (Å²) in [6.45, 7) is 0.245. The van der Waals surface area contributed by atoms with Crippen molar-refractivity contribution in [3.63, 3.8) is 0 Å². The molecule has 0 spiro atoms. The minimum Gasteiger partial charge on any atom is -0.478 e. The second kappa shape index (κ2) is 6.78. The number of aromatic carboxylic acids is 1. The predicted molar refractivity (Wildman–Crippen MR) is 89.9 cm³/mol. The lowest BCUT2D eigenvalue weighted by atomic mass is 10.2. The van der Waals surface area contributed by atoms with Crippen LogP contribution in [0.1, 0.15) is 26.4 Å². The zero-order valence-corrected chi connectivity index (χ0v) is 13.9. The molecular weight excluding hydrogens is 346 g/mol. The SMILES string of the molecule is Cn1cc(C(=O)O)c(C(=O)NCc2ccc(-n3cc(Cl)cn3)cc2)n1. The van der Waals surface area contributed by atoms with Crippen molar-refractivity contribution >= 4 is 23.5 Å². The quantitative estimate of drug-likeness (QED) is 0.724. The molecule has 25 heavy (non-hydrogen) atoms. The third kappa shape index (κ3) is 3.69. The monoisotopic (exact) mass is 359 g/mol. The van der Waals surface area contributed by atoms with E-state index in [2.05, 4.69) is 15.5 Å². The van der Waals surface area contributed by atoms with Gasteiger partial charge in [0.15, 0.2) is 5.69 Å². The van der Waals surface area contributed by atoms with Crippen molar-refractivity contribution < 1.29 is 14.7 Å². The van der Waals surface area contributed by atoms with Crippen LogP contribution in [0.5, 0.6) is 0 Å². The summed E-state index contributed by atoms with van der Waals surface area (Å²) in [6, 6.07) is 7.35. The Kier molecular flexibility index (Phi) is 4.53. The maximum Gasteiger partial charge on any atom is 0.339 e. The molecule has 8 nitrogen and oxygen atoms in total. The molecule has 0 fully saturated rings. The Morgan fingerprint density at radius 2 is 1.96 bits per heavy atom. The van der Waals surface area contributed by atoms with Gasteiger partial charge in [0.2, 0.25) is 0 Å². The van der Waals surface area contributed by atoms with E-state index in [-0.39, 0.29) is 17.8 Å². The summed E-state index contributed by atoms with van der Waals surface area (Å²) in [5.41, 5.74) is 1.44. The van der Waals surface area contributed by atoms with E-state index in [1.165, 1.54) is 10.9 Å². The summed E-state index contributed by atoms with van der Waals surface area (Å²) in [5, 5.41) is 20.3. The number of halogens is 1. The van der Waals surface area contributed by atoms with Crippen molar-refractivity contribution in [2.24, 2.45) is 7.05 Å². The normalized spacial score (nSPS) is 10.6. The Balaban J connectivity index is 1.67. The van der Waals surface area contributed by atoms with Crippen LogP contribution in [0, 0.1) is 0 Å². The van der Waals surface area contributed by atoms with E-state index in [0.717, 1.165) is 11.3 Å². The Bertz CT molecular complexity index is 930. The Morgan fingerprint density at radius 1 is 1.24 bits per heavy atom.